The second kappa shape index (κ2) is 9.69. The van der Waals surface area contributed by atoms with Crippen LogP contribution in [0, 0.1) is 0 Å². The fraction of sp³-hybridized carbons (Fsp3) is 0.739. The normalized spacial score (nSPS) is 22.8. The minimum atomic E-state index is -0.705. The average Bonchev–Trinajstić information content (AvgIpc) is 2.93. The molecule has 10 nitrogen and oxygen atoms in total. The van der Waals surface area contributed by atoms with Crippen molar-refractivity contribution in [1.82, 2.24) is 20.2 Å². The zero-order chi connectivity index (χ0) is 25.3. The first-order valence-corrected chi connectivity index (χ1v) is 11.8. The molecule has 0 unspecified atom stereocenters. The van der Waals surface area contributed by atoms with Crippen LogP contribution >= 0.6 is 0 Å². The summed E-state index contributed by atoms with van der Waals surface area (Å²) in [5.74, 6) is -0.184. The number of aromatic nitrogens is 2. The Kier molecular flexibility index (Phi) is 7.47. The van der Waals surface area contributed by atoms with E-state index in [1.165, 1.54) is 0 Å². The van der Waals surface area contributed by atoms with Crippen molar-refractivity contribution in [2.24, 2.45) is 0 Å². The van der Waals surface area contributed by atoms with Crippen LogP contribution in [0.1, 0.15) is 68.2 Å². The predicted molar refractivity (Wildman–Crippen MR) is 127 cm³/mol. The molecule has 2 aliphatic rings. The molecular weight excluding hydrogens is 439 g/mol. The summed E-state index contributed by atoms with van der Waals surface area (Å²) in [5, 5.41) is 2.60. The lowest BCUT2D eigenvalue weighted by atomic mass is 9.81. The molecule has 3 rings (SSSR count). The zero-order valence-corrected chi connectivity index (χ0v) is 21.5. The van der Waals surface area contributed by atoms with Crippen LogP contribution in [0.3, 0.4) is 0 Å². The molecule has 0 spiro atoms. The first-order chi connectivity index (χ1) is 15.7. The van der Waals surface area contributed by atoms with E-state index in [1.54, 1.807) is 45.0 Å². The third kappa shape index (κ3) is 6.38. The highest BCUT2D eigenvalue weighted by Gasteiger charge is 2.52. The van der Waals surface area contributed by atoms with E-state index >= 15 is 0 Å². The smallest absolute Gasteiger partial charge is 0.458 e. The van der Waals surface area contributed by atoms with E-state index in [-0.39, 0.29) is 18.0 Å². The van der Waals surface area contributed by atoms with Crippen LogP contribution in [0.2, 0.25) is 0 Å². The van der Waals surface area contributed by atoms with Gasteiger partial charge in [0.1, 0.15) is 17.7 Å². The van der Waals surface area contributed by atoms with E-state index < -0.39 is 36.1 Å². The Bertz CT molecular complexity index is 870. The van der Waals surface area contributed by atoms with Crippen LogP contribution in [0.25, 0.3) is 0 Å². The van der Waals surface area contributed by atoms with Crippen molar-refractivity contribution in [1.29, 1.82) is 0 Å². The molecule has 2 fully saturated rings. The number of hydrogen-bond donors (Lipinski definition) is 1. The number of nitrogens with zero attached hydrogens (tertiary/aromatic N) is 3. The summed E-state index contributed by atoms with van der Waals surface area (Å²) in [6, 6.07) is -0.469. The SMILES string of the molecule is C[C@@H](NC(=O)OC(C)(C)C)C(=O)N1CCC[C@@H](Oc2ncc(B3OC(C)(C)C(C)(C)O3)cn2)C1. The number of ether oxygens (including phenoxy) is 2. The van der Waals surface area contributed by atoms with Gasteiger partial charge in [0.15, 0.2) is 0 Å². The molecule has 2 aliphatic heterocycles. The first-order valence-electron chi connectivity index (χ1n) is 11.8. The Balaban J connectivity index is 1.54. The van der Waals surface area contributed by atoms with Crippen LogP contribution in [0.15, 0.2) is 12.4 Å². The minimum absolute atomic E-state index is 0.184. The first kappa shape index (κ1) is 26.2. The lowest BCUT2D eigenvalue weighted by Crippen LogP contribution is -2.52. The fourth-order valence-electron chi connectivity index (χ4n) is 3.69. The third-order valence-electron chi connectivity index (χ3n) is 6.24. The number of alkyl carbamates (subject to hydrolysis) is 1. The van der Waals surface area contributed by atoms with Gasteiger partial charge in [-0.2, -0.15) is 0 Å². The molecule has 11 heteroatoms. The second-order valence-corrected chi connectivity index (χ2v) is 10.9. The molecule has 1 N–H and O–H groups in total. The predicted octanol–water partition coefficient (Wildman–Crippen LogP) is 2.06. The van der Waals surface area contributed by atoms with Gasteiger partial charge in [-0.15, -0.1) is 0 Å². The van der Waals surface area contributed by atoms with Crippen molar-refractivity contribution in [3.05, 3.63) is 12.4 Å². The van der Waals surface area contributed by atoms with Crippen molar-refractivity contribution in [2.45, 2.75) is 97.2 Å². The number of rotatable bonds is 5. The van der Waals surface area contributed by atoms with E-state index in [9.17, 15) is 9.59 Å². The summed E-state index contributed by atoms with van der Waals surface area (Å²) < 4.78 is 23.2. The second-order valence-electron chi connectivity index (χ2n) is 10.9. The van der Waals surface area contributed by atoms with E-state index in [1.807, 2.05) is 27.7 Å². The molecular formula is C23H37BN4O6. The van der Waals surface area contributed by atoms with Crippen LogP contribution < -0.4 is 15.5 Å². The van der Waals surface area contributed by atoms with Gasteiger partial charge in [-0.25, -0.2) is 14.8 Å². The number of piperidine rings is 1. The molecule has 188 valence electrons. The maximum absolute atomic E-state index is 12.8. The quantitative estimate of drug-likeness (QED) is 0.643. The van der Waals surface area contributed by atoms with E-state index in [0.717, 1.165) is 12.8 Å². The molecule has 2 atom stereocenters. The number of carbonyl (C=O) groups is 2. The Labute approximate surface area is 202 Å². The largest absolute Gasteiger partial charge is 0.498 e. The molecule has 2 saturated heterocycles. The molecule has 34 heavy (non-hydrogen) atoms. The minimum Gasteiger partial charge on any atom is -0.458 e. The van der Waals surface area contributed by atoms with Crippen LogP contribution in [-0.2, 0) is 18.8 Å². The monoisotopic (exact) mass is 476 g/mol. The zero-order valence-electron chi connectivity index (χ0n) is 21.5. The van der Waals surface area contributed by atoms with Crippen molar-refractivity contribution in [3.8, 4) is 6.01 Å². The number of carbonyl (C=O) groups excluding carboxylic acids is 2. The summed E-state index contributed by atoms with van der Waals surface area (Å²) in [5.41, 5.74) is -0.802. The van der Waals surface area contributed by atoms with Gasteiger partial charge in [0, 0.05) is 24.4 Å². The maximum Gasteiger partial charge on any atom is 0.498 e. The molecule has 1 aromatic rings. The van der Waals surface area contributed by atoms with Gasteiger partial charge in [-0.05, 0) is 68.2 Å². The third-order valence-corrected chi connectivity index (χ3v) is 6.24. The lowest BCUT2D eigenvalue weighted by Gasteiger charge is -2.34. The number of hydrogen-bond acceptors (Lipinski definition) is 8. The molecule has 2 amide bonds. The Morgan fingerprint density at radius 3 is 2.32 bits per heavy atom. The van der Waals surface area contributed by atoms with Gasteiger partial charge >= 0.3 is 19.2 Å². The van der Waals surface area contributed by atoms with Crippen molar-refractivity contribution in [3.63, 3.8) is 0 Å². The topological polar surface area (TPSA) is 112 Å². The summed E-state index contributed by atoms with van der Waals surface area (Å²) >= 11 is 0. The van der Waals surface area contributed by atoms with Gasteiger partial charge in [0.2, 0.25) is 5.91 Å². The number of amides is 2. The van der Waals surface area contributed by atoms with Gasteiger partial charge < -0.3 is 29.0 Å². The Morgan fingerprint density at radius 2 is 1.76 bits per heavy atom. The number of nitrogens with one attached hydrogen (secondary N) is 1. The average molecular weight is 476 g/mol. The van der Waals surface area contributed by atoms with Gasteiger partial charge in [0.05, 0.1) is 17.7 Å². The van der Waals surface area contributed by atoms with Crippen molar-refractivity contribution < 1.29 is 28.4 Å². The van der Waals surface area contributed by atoms with E-state index in [2.05, 4.69) is 15.3 Å². The summed E-state index contributed by atoms with van der Waals surface area (Å²) in [6.07, 6.45) is 3.98. The van der Waals surface area contributed by atoms with Gasteiger partial charge in [0.25, 0.3) is 0 Å². The molecule has 0 radical (unpaired) electrons. The lowest BCUT2D eigenvalue weighted by molar-refractivity contribution is -0.135. The molecule has 0 aliphatic carbocycles. The van der Waals surface area contributed by atoms with Crippen molar-refractivity contribution in [2.75, 3.05) is 13.1 Å². The maximum atomic E-state index is 12.8. The van der Waals surface area contributed by atoms with Gasteiger partial charge in [-0.3, -0.25) is 4.79 Å². The molecule has 3 heterocycles. The fourth-order valence-corrected chi connectivity index (χ4v) is 3.69. The standard InChI is InChI=1S/C23H37BN4O6/c1-15(27-20(30)32-21(2,3)4)18(29)28-11-9-10-17(14-28)31-19-25-12-16(13-26-19)24-33-22(5,6)23(7,8)34-24/h12-13,15,17H,9-11,14H2,1-8H3,(H,27,30)/t15-,17-/m1/s1. The Morgan fingerprint density at radius 1 is 1.18 bits per heavy atom. The highest BCUT2D eigenvalue weighted by molar-refractivity contribution is 6.61. The molecule has 0 saturated carbocycles. The Hall–Kier alpha value is -2.40. The number of likely N-dealkylation sites (tertiary alicyclic amines) is 1. The molecule has 1 aromatic heterocycles. The van der Waals surface area contributed by atoms with Crippen molar-refractivity contribution >= 4 is 24.6 Å². The van der Waals surface area contributed by atoms with Gasteiger partial charge in [-0.1, -0.05) is 0 Å². The highest BCUT2D eigenvalue weighted by Crippen LogP contribution is 2.36. The van der Waals surface area contributed by atoms with E-state index in [4.69, 9.17) is 18.8 Å². The van der Waals surface area contributed by atoms with Crippen LogP contribution in [-0.4, -0.2) is 76.0 Å². The summed E-state index contributed by atoms with van der Waals surface area (Å²) in [7, 11) is -0.541. The van der Waals surface area contributed by atoms with Crippen LogP contribution in [0.5, 0.6) is 6.01 Å². The highest BCUT2D eigenvalue weighted by atomic mass is 16.7. The molecule has 0 bridgehead atoms. The van der Waals surface area contributed by atoms with Crippen LogP contribution in [0.4, 0.5) is 4.79 Å². The summed E-state index contributed by atoms with van der Waals surface area (Å²) in [6.45, 7) is 15.9. The van der Waals surface area contributed by atoms with E-state index in [0.29, 0.717) is 18.6 Å². The summed E-state index contributed by atoms with van der Waals surface area (Å²) in [4.78, 5) is 35.2. The molecule has 0 aromatic carbocycles.